The van der Waals surface area contributed by atoms with Crippen molar-refractivity contribution >= 4 is 0 Å². The summed E-state index contributed by atoms with van der Waals surface area (Å²) in [6.07, 6.45) is 4.44. The highest BCUT2D eigenvalue weighted by molar-refractivity contribution is 5.17. The van der Waals surface area contributed by atoms with Crippen LogP contribution in [0.1, 0.15) is 12.0 Å². The summed E-state index contributed by atoms with van der Waals surface area (Å²) in [6.45, 7) is 1.66. The summed E-state index contributed by atoms with van der Waals surface area (Å²) in [5.74, 6) is 0. The molecule has 1 aliphatic heterocycles. The molecule has 0 amide bonds. The number of hydrogen-bond acceptors (Lipinski definition) is 3. The molecule has 1 N–H and O–H groups in total. The largest absolute Gasteiger partial charge is 0.384 e. The Bertz CT molecular complexity index is 310. The number of rotatable bonds is 1. The SMILES string of the molecule is CN1CCC(O)(c2cnn(C)c2)C1. The number of aliphatic hydroxyl groups is 1. The van der Waals surface area contributed by atoms with Gasteiger partial charge in [-0.15, -0.1) is 0 Å². The standard InChI is InChI=1S/C9H15N3O/c1-11-4-3-9(13,7-11)8-5-10-12(2)6-8/h5-6,13H,3-4,7H2,1-2H3. The summed E-state index contributed by atoms with van der Waals surface area (Å²) in [7, 11) is 3.89. The maximum atomic E-state index is 10.3. The van der Waals surface area contributed by atoms with Gasteiger partial charge < -0.3 is 10.0 Å². The molecule has 4 nitrogen and oxygen atoms in total. The van der Waals surface area contributed by atoms with Gasteiger partial charge in [-0.2, -0.15) is 5.10 Å². The van der Waals surface area contributed by atoms with Crippen molar-refractivity contribution in [1.29, 1.82) is 0 Å². The summed E-state index contributed by atoms with van der Waals surface area (Å²) in [5, 5.41) is 14.3. The first kappa shape index (κ1) is 8.72. The lowest BCUT2D eigenvalue weighted by Crippen LogP contribution is -2.28. The number of likely N-dealkylation sites (N-methyl/N-ethyl adjacent to an activating group) is 1. The molecule has 1 fully saturated rings. The van der Waals surface area contributed by atoms with E-state index in [0.29, 0.717) is 6.54 Å². The van der Waals surface area contributed by atoms with Crippen LogP contribution in [0.15, 0.2) is 12.4 Å². The van der Waals surface area contributed by atoms with Crippen LogP contribution in [0, 0.1) is 0 Å². The van der Waals surface area contributed by atoms with E-state index in [0.717, 1.165) is 18.5 Å². The third-order valence-corrected chi connectivity index (χ3v) is 2.68. The molecule has 1 atom stereocenters. The van der Waals surface area contributed by atoms with E-state index < -0.39 is 5.60 Å². The highest BCUT2D eigenvalue weighted by Crippen LogP contribution is 2.30. The van der Waals surface area contributed by atoms with Crippen LogP contribution in [0.3, 0.4) is 0 Å². The lowest BCUT2D eigenvalue weighted by atomic mass is 9.96. The number of nitrogens with zero attached hydrogens (tertiary/aromatic N) is 3. The monoisotopic (exact) mass is 181 g/mol. The van der Waals surface area contributed by atoms with Crippen molar-refractivity contribution in [3.05, 3.63) is 18.0 Å². The summed E-state index contributed by atoms with van der Waals surface area (Å²) in [6, 6.07) is 0. The van der Waals surface area contributed by atoms with Crippen molar-refractivity contribution in [2.24, 2.45) is 7.05 Å². The fourth-order valence-corrected chi connectivity index (χ4v) is 1.88. The first-order valence-electron chi connectivity index (χ1n) is 4.50. The number of aryl methyl sites for hydroxylation is 1. The van der Waals surface area contributed by atoms with Crippen LogP contribution in [-0.2, 0) is 12.6 Å². The molecule has 0 bridgehead atoms. The second kappa shape index (κ2) is 2.82. The molecule has 1 aromatic heterocycles. The van der Waals surface area contributed by atoms with Crippen molar-refractivity contribution in [2.75, 3.05) is 20.1 Å². The highest BCUT2D eigenvalue weighted by atomic mass is 16.3. The minimum atomic E-state index is -0.678. The number of β-amino-alcohol motifs (C(OH)–C–C–N with tert-alkyl or cyclic N) is 1. The highest BCUT2D eigenvalue weighted by Gasteiger charge is 2.36. The predicted molar refractivity (Wildman–Crippen MR) is 49.2 cm³/mol. The fourth-order valence-electron chi connectivity index (χ4n) is 1.88. The number of hydrogen-bond donors (Lipinski definition) is 1. The van der Waals surface area contributed by atoms with Crippen LogP contribution in [0.25, 0.3) is 0 Å². The summed E-state index contributed by atoms with van der Waals surface area (Å²) >= 11 is 0. The van der Waals surface area contributed by atoms with Gasteiger partial charge in [0, 0.05) is 31.9 Å². The van der Waals surface area contributed by atoms with Crippen molar-refractivity contribution in [1.82, 2.24) is 14.7 Å². The van der Waals surface area contributed by atoms with Gasteiger partial charge in [-0.3, -0.25) is 4.68 Å². The van der Waals surface area contributed by atoms with E-state index >= 15 is 0 Å². The van der Waals surface area contributed by atoms with Gasteiger partial charge in [0.15, 0.2) is 0 Å². The lowest BCUT2D eigenvalue weighted by molar-refractivity contribution is 0.0488. The molecule has 0 aliphatic carbocycles. The van der Waals surface area contributed by atoms with E-state index in [2.05, 4.69) is 10.00 Å². The minimum Gasteiger partial charge on any atom is -0.384 e. The molecular formula is C9H15N3O. The van der Waals surface area contributed by atoms with Crippen molar-refractivity contribution in [3.8, 4) is 0 Å². The Balaban J connectivity index is 2.25. The Morgan fingerprint density at radius 2 is 2.31 bits per heavy atom. The average molecular weight is 181 g/mol. The van der Waals surface area contributed by atoms with E-state index in [-0.39, 0.29) is 0 Å². The molecule has 1 aliphatic rings. The van der Waals surface area contributed by atoms with E-state index in [1.165, 1.54) is 0 Å². The fraction of sp³-hybridized carbons (Fsp3) is 0.667. The maximum absolute atomic E-state index is 10.3. The normalized spacial score (nSPS) is 29.8. The molecule has 4 heteroatoms. The van der Waals surface area contributed by atoms with Crippen molar-refractivity contribution in [3.63, 3.8) is 0 Å². The molecule has 0 aromatic carbocycles. The van der Waals surface area contributed by atoms with E-state index in [9.17, 15) is 5.11 Å². The molecule has 2 heterocycles. The summed E-state index contributed by atoms with van der Waals surface area (Å²) in [5.41, 5.74) is 0.252. The van der Waals surface area contributed by atoms with Gasteiger partial charge in [0.1, 0.15) is 5.60 Å². The van der Waals surface area contributed by atoms with Crippen LogP contribution in [-0.4, -0.2) is 39.9 Å². The zero-order valence-corrected chi connectivity index (χ0v) is 8.06. The topological polar surface area (TPSA) is 41.3 Å². The van der Waals surface area contributed by atoms with Gasteiger partial charge >= 0.3 is 0 Å². The van der Waals surface area contributed by atoms with Crippen LogP contribution >= 0.6 is 0 Å². The quantitative estimate of drug-likeness (QED) is 0.660. The molecule has 1 saturated heterocycles. The van der Waals surface area contributed by atoms with Gasteiger partial charge in [-0.05, 0) is 13.5 Å². The summed E-state index contributed by atoms with van der Waals surface area (Å²) < 4.78 is 1.73. The Hall–Kier alpha value is -0.870. The molecule has 0 radical (unpaired) electrons. The third kappa shape index (κ3) is 1.47. The first-order valence-corrected chi connectivity index (χ1v) is 4.50. The van der Waals surface area contributed by atoms with Gasteiger partial charge in [0.25, 0.3) is 0 Å². The van der Waals surface area contributed by atoms with E-state index in [4.69, 9.17) is 0 Å². The molecule has 0 spiro atoms. The Morgan fingerprint density at radius 1 is 1.54 bits per heavy atom. The third-order valence-electron chi connectivity index (χ3n) is 2.68. The van der Waals surface area contributed by atoms with E-state index in [1.807, 2.05) is 20.3 Å². The second-order valence-electron chi connectivity index (χ2n) is 3.92. The predicted octanol–water partition coefficient (Wildman–Crippen LogP) is -0.0568. The van der Waals surface area contributed by atoms with Gasteiger partial charge in [0.05, 0.1) is 6.20 Å². The molecular weight excluding hydrogens is 166 g/mol. The van der Waals surface area contributed by atoms with Crippen LogP contribution in [0.4, 0.5) is 0 Å². The molecule has 0 saturated carbocycles. The average Bonchev–Trinajstić information content (AvgIpc) is 2.60. The molecule has 1 unspecified atom stereocenters. The van der Waals surface area contributed by atoms with Crippen LogP contribution < -0.4 is 0 Å². The van der Waals surface area contributed by atoms with Crippen molar-refractivity contribution < 1.29 is 5.11 Å². The number of aromatic nitrogens is 2. The first-order chi connectivity index (χ1) is 6.10. The molecule has 2 rings (SSSR count). The Labute approximate surface area is 77.8 Å². The smallest absolute Gasteiger partial charge is 0.106 e. The van der Waals surface area contributed by atoms with Crippen LogP contribution in [0.5, 0.6) is 0 Å². The second-order valence-corrected chi connectivity index (χ2v) is 3.92. The zero-order valence-electron chi connectivity index (χ0n) is 8.06. The zero-order chi connectivity index (χ0) is 9.47. The lowest BCUT2D eigenvalue weighted by Gasteiger charge is -2.20. The van der Waals surface area contributed by atoms with Crippen molar-refractivity contribution in [2.45, 2.75) is 12.0 Å². The Morgan fingerprint density at radius 3 is 2.77 bits per heavy atom. The number of likely N-dealkylation sites (tertiary alicyclic amines) is 1. The maximum Gasteiger partial charge on any atom is 0.106 e. The Kier molecular flexibility index (Phi) is 1.89. The van der Waals surface area contributed by atoms with E-state index in [1.54, 1.807) is 10.9 Å². The molecule has 72 valence electrons. The van der Waals surface area contributed by atoms with Gasteiger partial charge in [-0.1, -0.05) is 0 Å². The summed E-state index contributed by atoms with van der Waals surface area (Å²) in [4.78, 5) is 2.13. The van der Waals surface area contributed by atoms with Crippen LogP contribution in [0.2, 0.25) is 0 Å². The van der Waals surface area contributed by atoms with Gasteiger partial charge in [-0.25, -0.2) is 0 Å². The van der Waals surface area contributed by atoms with Gasteiger partial charge in [0.2, 0.25) is 0 Å². The minimum absolute atomic E-state index is 0.678. The molecule has 13 heavy (non-hydrogen) atoms. The molecule has 1 aromatic rings.